The minimum Gasteiger partial charge on any atom is -0.493 e. The second-order valence-electron chi connectivity index (χ2n) is 5.33. The van der Waals surface area contributed by atoms with Crippen LogP contribution < -0.4 is 9.47 Å². The highest BCUT2D eigenvalue weighted by Gasteiger charge is 2.12. The summed E-state index contributed by atoms with van der Waals surface area (Å²) in [7, 11) is 0. The minimum absolute atomic E-state index is 0.544. The number of pyridine rings is 1. The second-order valence-corrected chi connectivity index (χ2v) is 5.74. The van der Waals surface area contributed by atoms with E-state index >= 15 is 0 Å². The van der Waals surface area contributed by atoms with Crippen molar-refractivity contribution in [1.82, 2.24) is 9.88 Å². The van der Waals surface area contributed by atoms with Gasteiger partial charge >= 0.3 is 0 Å². The van der Waals surface area contributed by atoms with Crippen LogP contribution in [0.25, 0.3) is 10.9 Å². The van der Waals surface area contributed by atoms with Gasteiger partial charge in [-0.3, -0.25) is 4.90 Å². The Morgan fingerprint density at radius 1 is 1.26 bits per heavy atom. The average molecular weight is 337 g/mol. The average Bonchev–Trinajstić information content (AvgIpc) is 2.57. The predicted octanol–water partition coefficient (Wildman–Crippen LogP) is 3.00. The third kappa shape index (κ3) is 4.05. The molecule has 1 saturated heterocycles. The van der Waals surface area contributed by atoms with Gasteiger partial charge in [0.25, 0.3) is 0 Å². The molecular formula is C17H21ClN2O3. The lowest BCUT2D eigenvalue weighted by molar-refractivity contribution is 0.0320. The number of hydrogen-bond acceptors (Lipinski definition) is 5. The molecule has 23 heavy (non-hydrogen) atoms. The van der Waals surface area contributed by atoms with Gasteiger partial charge in [-0.05, 0) is 19.1 Å². The molecule has 0 atom stereocenters. The van der Waals surface area contributed by atoms with Crippen LogP contribution in [0.15, 0.2) is 24.3 Å². The molecule has 0 amide bonds. The van der Waals surface area contributed by atoms with Crippen LogP contribution in [0, 0.1) is 0 Å². The van der Waals surface area contributed by atoms with E-state index in [1.54, 1.807) is 0 Å². The summed E-state index contributed by atoms with van der Waals surface area (Å²) in [6.45, 7) is 7.45. The molecule has 0 saturated carbocycles. The Kier molecular flexibility index (Phi) is 5.54. The third-order valence-electron chi connectivity index (χ3n) is 3.79. The van der Waals surface area contributed by atoms with Gasteiger partial charge in [0.2, 0.25) is 5.88 Å². The van der Waals surface area contributed by atoms with Gasteiger partial charge in [0, 0.05) is 31.1 Å². The maximum atomic E-state index is 6.26. The number of benzene rings is 1. The first-order valence-corrected chi connectivity index (χ1v) is 8.30. The van der Waals surface area contributed by atoms with Gasteiger partial charge in [-0.15, -0.1) is 0 Å². The van der Waals surface area contributed by atoms with Crippen LogP contribution in [0.2, 0.25) is 5.02 Å². The molecule has 0 spiro atoms. The molecule has 0 N–H and O–H groups in total. The third-order valence-corrected chi connectivity index (χ3v) is 4.09. The van der Waals surface area contributed by atoms with Crippen LogP contribution in [0.5, 0.6) is 11.6 Å². The topological polar surface area (TPSA) is 43.8 Å². The highest BCUT2D eigenvalue weighted by molar-refractivity contribution is 6.35. The zero-order valence-corrected chi connectivity index (χ0v) is 14.0. The molecule has 1 fully saturated rings. The molecule has 1 aliphatic heterocycles. The van der Waals surface area contributed by atoms with Crippen LogP contribution in [0.4, 0.5) is 0 Å². The molecular weight excluding hydrogens is 316 g/mol. The second kappa shape index (κ2) is 7.81. The molecule has 0 bridgehead atoms. The van der Waals surface area contributed by atoms with Crippen LogP contribution >= 0.6 is 11.6 Å². The molecule has 0 radical (unpaired) electrons. The molecule has 2 aromatic rings. The first-order chi connectivity index (χ1) is 11.3. The SMILES string of the molecule is CCOc1cc(OCCN2CCOCC2)nc2c(Cl)cccc12. The Morgan fingerprint density at radius 3 is 2.87 bits per heavy atom. The van der Waals surface area contributed by atoms with Gasteiger partial charge in [-0.1, -0.05) is 17.7 Å². The molecule has 1 aliphatic rings. The van der Waals surface area contributed by atoms with Crippen LogP contribution in [0.3, 0.4) is 0 Å². The molecule has 1 aromatic heterocycles. The summed E-state index contributed by atoms with van der Waals surface area (Å²) in [5.41, 5.74) is 0.710. The van der Waals surface area contributed by atoms with Crippen molar-refractivity contribution < 1.29 is 14.2 Å². The largest absolute Gasteiger partial charge is 0.493 e. The van der Waals surface area contributed by atoms with E-state index in [1.165, 1.54) is 0 Å². The summed E-state index contributed by atoms with van der Waals surface area (Å²) in [5.74, 6) is 1.30. The fourth-order valence-electron chi connectivity index (χ4n) is 2.61. The number of nitrogens with zero attached hydrogens (tertiary/aromatic N) is 2. The van der Waals surface area contributed by atoms with Crippen molar-refractivity contribution in [2.24, 2.45) is 0 Å². The van der Waals surface area contributed by atoms with Crippen molar-refractivity contribution in [2.45, 2.75) is 6.92 Å². The number of hydrogen-bond donors (Lipinski definition) is 0. The molecule has 5 nitrogen and oxygen atoms in total. The number of aromatic nitrogens is 1. The number of ether oxygens (including phenoxy) is 3. The number of fused-ring (bicyclic) bond motifs is 1. The van der Waals surface area contributed by atoms with E-state index < -0.39 is 0 Å². The number of rotatable bonds is 6. The smallest absolute Gasteiger partial charge is 0.217 e. The number of morpholine rings is 1. The lowest BCUT2D eigenvalue weighted by Gasteiger charge is -2.26. The van der Waals surface area contributed by atoms with E-state index in [1.807, 2.05) is 31.2 Å². The fourth-order valence-corrected chi connectivity index (χ4v) is 2.83. The molecule has 0 unspecified atom stereocenters. The first kappa shape index (κ1) is 16.3. The van der Waals surface area contributed by atoms with Crippen molar-refractivity contribution in [3.63, 3.8) is 0 Å². The normalized spacial score (nSPS) is 15.7. The van der Waals surface area contributed by atoms with Crippen LogP contribution in [0.1, 0.15) is 6.92 Å². The number of halogens is 1. The van der Waals surface area contributed by atoms with Gasteiger partial charge in [0.05, 0.1) is 30.4 Å². The van der Waals surface area contributed by atoms with Gasteiger partial charge in [0.15, 0.2) is 0 Å². The first-order valence-electron chi connectivity index (χ1n) is 7.93. The Labute approximate surface area is 141 Å². The Bertz CT molecular complexity index is 660. The van der Waals surface area contributed by atoms with E-state index in [4.69, 9.17) is 25.8 Å². The van der Waals surface area contributed by atoms with Gasteiger partial charge in [-0.25, -0.2) is 4.98 Å². The van der Waals surface area contributed by atoms with E-state index in [-0.39, 0.29) is 0 Å². The predicted molar refractivity (Wildman–Crippen MR) is 90.7 cm³/mol. The zero-order chi connectivity index (χ0) is 16.1. The molecule has 2 heterocycles. The Balaban J connectivity index is 1.73. The summed E-state index contributed by atoms with van der Waals surface area (Å²) < 4.78 is 16.9. The minimum atomic E-state index is 0.544. The standard InChI is InChI=1S/C17H21ClN2O3/c1-2-22-15-12-16(19-17-13(15)4-3-5-14(17)18)23-11-8-20-6-9-21-10-7-20/h3-5,12H,2,6-11H2,1H3. The highest BCUT2D eigenvalue weighted by Crippen LogP contribution is 2.32. The van der Waals surface area contributed by atoms with E-state index in [0.29, 0.717) is 29.6 Å². The Hall–Kier alpha value is -1.56. The summed E-state index contributed by atoms with van der Waals surface area (Å²) in [6, 6.07) is 7.51. The molecule has 1 aromatic carbocycles. The van der Waals surface area contributed by atoms with Crippen molar-refractivity contribution in [1.29, 1.82) is 0 Å². The summed E-state index contributed by atoms with van der Waals surface area (Å²) in [4.78, 5) is 6.84. The van der Waals surface area contributed by atoms with E-state index in [0.717, 1.165) is 44.0 Å². The van der Waals surface area contributed by atoms with E-state index in [9.17, 15) is 0 Å². The van der Waals surface area contributed by atoms with Crippen LogP contribution in [-0.2, 0) is 4.74 Å². The van der Waals surface area contributed by atoms with Gasteiger partial charge in [-0.2, -0.15) is 0 Å². The number of para-hydroxylation sites is 1. The van der Waals surface area contributed by atoms with Gasteiger partial charge < -0.3 is 14.2 Å². The van der Waals surface area contributed by atoms with Crippen molar-refractivity contribution in [3.8, 4) is 11.6 Å². The lowest BCUT2D eigenvalue weighted by Crippen LogP contribution is -2.38. The van der Waals surface area contributed by atoms with Crippen molar-refractivity contribution >= 4 is 22.5 Å². The summed E-state index contributed by atoms with van der Waals surface area (Å²) in [6.07, 6.45) is 0. The molecule has 3 rings (SSSR count). The van der Waals surface area contributed by atoms with E-state index in [2.05, 4.69) is 9.88 Å². The summed E-state index contributed by atoms with van der Waals surface area (Å²) in [5, 5.41) is 1.50. The maximum Gasteiger partial charge on any atom is 0.217 e. The van der Waals surface area contributed by atoms with Crippen molar-refractivity contribution in [3.05, 3.63) is 29.3 Å². The highest BCUT2D eigenvalue weighted by atomic mass is 35.5. The maximum absolute atomic E-state index is 6.26. The molecule has 0 aliphatic carbocycles. The quantitative estimate of drug-likeness (QED) is 0.811. The Morgan fingerprint density at radius 2 is 2.09 bits per heavy atom. The van der Waals surface area contributed by atoms with Gasteiger partial charge in [0.1, 0.15) is 12.4 Å². The summed E-state index contributed by atoms with van der Waals surface area (Å²) >= 11 is 6.26. The van der Waals surface area contributed by atoms with Crippen LogP contribution in [-0.4, -0.2) is 55.9 Å². The lowest BCUT2D eigenvalue weighted by atomic mass is 10.2. The fraction of sp³-hybridized carbons (Fsp3) is 0.471. The molecule has 124 valence electrons. The zero-order valence-electron chi connectivity index (χ0n) is 13.3. The molecule has 6 heteroatoms. The monoisotopic (exact) mass is 336 g/mol. The van der Waals surface area contributed by atoms with Crippen molar-refractivity contribution in [2.75, 3.05) is 46.1 Å².